The number of aromatic nitrogens is 1. The molecule has 0 aliphatic heterocycles. The minimum Gasteiger partial charge on any atom is -0.505 e. The first-order chi connectivity index (χ1) is 9.65. The molecule has 0 unspecified atom stereocenters. The molecule has 0 spiro atoms. The highest BCUT2D eigenvalue weighted by atomic mass is 32.1. The van der Waals surface area contributed by atoms with Crippen LogP contribution in [-0.4, -0.2) is 30.3 Å². The Balaban J connectivity index is 2.34. The van der Waals surface area contributed by atoms with Gasteiger partial charge in [0, 0.05) is 22.3 Å². The van der Waals surface area contributed by atoms with Crippen LogP contribution in [-0.2, 0) is 4.74 Å². The first-order valence-corrected chi connectivity index (χ1v) is 6.64. The maximum absolute atomic E-state index is 11.6. The molecule has 0 saturated heterocycles. The molecule has 3 aromatic rings. The third kappa shape index (κ3) is 1.77. The van der Waals surface area contributed by atoms with Gasteiger partial charge in [-0.05, 0) is 12.1 Å². The van der Waals surface area contributed by atoms with Crippen LogP contribution in [0, 0.1) is 0 Å². The molecule has 2 aromatic heterocycles. The predicted molar refractivity (Wildman–Crippen MR) is 76.7 cm³/mol. The van der Waals surface area contributed by atoms with Crippen molar-refractivity contribution in [3.63, 3.8) is 0 Å². The third-order valence-corrected chi connectivity index (χ3v) is 4.28. The number of pyridine rings is 1. The number of thiophene rings is 1. The number of esters is 1. The van der Waals surface area contributed by atoms with Gasteiger partial charge in [0.25, 0.3) is 0 Å². The first kappa shape index (κ1) is 12.7. The van der Waals surface area contributed by atoms with Gasteiger partial charge in [-0.1, -0.05) is 0 Å². The van der Waals surface area contributed by atoms with Crippen molar-refractivity contribution in [3.05, 3.63) is 29.3 Å². The molecule has 0 saturated carbocycles. The fraction of sp³-hybridized carbons (Fsp3) is 0.143. The molecule has 102 valence electrons. The van der Waals surface area contributed by atoms with Crippen LogP contribution in [0.4, 0.5) is 0 Å². The Labute approximate surface area is 118 Å². The van der Waals surface area contributed by atoms with Crippen LogP contribution < -0.4 is 4.74 Å². The van der Waals surface area contributed by atoms with Gasteiger partial charge in [-0.15, -0.1) is 11.3 Å². The van der Waals surface area contributed by atoms with Crippen molar-refractivity contribution in [3.8, 4) is 11.5 Å². The van der Waals surface area contributed by atoms with E-state index < -0.39 is 5.97 Å². The van der Waals surface area contributed by atoms with Gasteiger partial charge in [0.05, 0.1) is 25.1 Å². The van der Waals surface area contributed by atoms with Gasteiger partial charge in [0.1, 0.15) is 11.5 Å². The summed E-state index contributed by atoms with van der Waals surface area (Å²) in [7, 11) is 2.87. The van der Waals surface area contributed by atoms with Crippen LogP contribution in [0.1, 0.15) is 9.67 Å². The number of nitrogens with zero attached hydrogens (tertiary/aromatic N) is 1. The monoisotopic (exact) mass is 289 g/mol. The number of fused-ring (bicyclic) bond motifs is 3. The van der Waals surface area contributed by atoms with Gasteiger partial charge in [0.15, 0.2) is 4.88 Å². The topological polar surface area (TPSA) is 68.7 Å². The lowest BCUT2D eigenvalue weighted by atomic mass is 10.1. The molecule has 0 fully saturated rings. The molecular formula is C14H11NO4S. The standard InChI is InChI=1S/C14H11NO4S/c1-18-7-3-4-8-10(5-7)15-6-9-11(16)13(14(17)19-2)20-12(8)9/h3-6,16H,1-2H3. The average molecular weight is 289 g/mol. The Morgan fingerprint density at radius 1 is 1.30 bits per heavy atom. The summed E-state index contributed by atoms with van der Waals surface area (Å²) >= 11 is 1.19. The van der Waals surface area contributed by atoms with Gasteiger partial charge in [0.2, 0.25) is 0 Å². The summed E-state index contributed by atoms with van der Waals surface area (Å²) in [5, 5.41) is 11.5. The van der Waals surface area contributed by atoms with Crippen LogP contribution in [0.2, 0.25) is 0 Å². The van der Waals surface area contributed by atoms with Crippen LogP contribution in [0.15, 0.2) is 24.4 Å². The highest BCUT2D eigenvalue weighted by Crippen LogP contribution is 2.40. The number of hydrogen-bond acceptors (Lipinski definition) is 6. The highest BCUT2D eigenvalue weighted by Gasteiger charge is 2.20. The molecule has 0 bridgehead atoms. The Morgan fingerprint density at radius 2 is 2.10 bits per heavy atom. The summed E-state index contributed by atoms with van der Waals surface area (Å²) in [6.45, 7) is 0. The second-order valence-electron chi connectivity index (χ2n) is 4.16. The Morgan fingerprint density at radius 3 is 2.80 bits per heavy atom. The third-order valence-electron chi connectivity index (χ3n) is 3.07. The number of ether oxygens (including phenoxy) is 2. The van der Waals surface area contributed by atoms with Crippen molar-refractivity contribution in [2.24, 2.45) is 0 Å². The summed E-state index contributed by atoms with van der Waals surface area (Å²) in [6, 6.07) is 5.49. The number of carbonyl (C=O) groups excluding carboxylic acids is 1. The molecule has 0 amide bonds. The normalized spacial score (nSPS) is 10.9. The lowest BCUT2D eigenvalue weighted by molar-refractivity contribution is 0.0603. The zero-order valence-electron chi connectivity index (χ0n) is 10.8. The van der Waals surface area contributed by atoms with Gasteiger partial charge in [-0.25, -0.2) is 4.79 Å². The largest absolute Gasteiger partial charge is 0.505 e. The van der Waals surface area contributed by atoms with E-state index in [1.54, 1.807) is 13.3 Å². The van der Waals surface area contributed by atoms with Crippen molar-refractivity contribution >= 4 is 38.3 Å². The molecular weight excluding hydrogens is 278 g/mol. The molecule has 20 heavy (non-hydrogen) atoms. The van der Waals surface area contributed by atoms with Crippen LogP contribution in [0.5, 0.6) is 11.5 Å². The Hall–Kier alpha value is -2.34. The zero-order chi connectivity index (χ0) is 14.3. The number of aromatic hydroxyl groups is 1. The summed E-state index contributed by atoms with van der Waals surface area (Å²) in [5.41, 5.74) is 0.745. The quantitative estimate of drug-likeness (QED) is 0.735. The van der Waals surface area contributed by atoms with Gasteiger partial charge < -0.3 is 14.6 Å². The SMILES string of the molecule is COC(=O)c1sc2c(cnc3cc(OC)ccc32)c1O. The molecule has 1 aromatic carbocycles. The Kier molecular flexibility index (Phi) is 2.94. The molecule has 0 aliphatic carbocycles. The molecule has 0 aliphatic rings. The van der Waals surface area contributed by atoms with E-state index in [9.17, 15) is 9.90 Å². The summed E-state index contributed by atoms with van der Waals surface area (Å²) in [5.74, 6) is 0.0748. The highest BCUT2D eigenvalue weighted by molar-refractivity contribution is 7.22. The van der Waals surface area contributed by atoms with E-state index in [1.807, 2.05) is 18.2 Å². The van der Waals surface area contributed by atoms with Gasteiger partial charge >= 0.3 is 5.97 Å². The van der Waals surface area contributed by atoms with E-state index in [0.29, 0.717) is 11.1 Å². The zero-order valence-corrected chi connectivity index (χ0v) is 11.7. The minimum atomic E-state index is -0.551. The van der Waals surface area contributed by atoms with E-state index in [0.717, 1.165) is 15.6 Å². The fourth-order valence-electron chi connectivity index (χ4n) is 2.06. The molecule has 6 heteroatoms. The molecule has 1 N–H and O–H groups in total. The van der Waals surface area contributed by atoms with E-state index in [-0.39, 0.29) is 10.6 Å². The summed E-state index contributed by atoms with van der Waals surface area (Å²) in [4.78, 5) is 16.1. The minimum absolute atomic E-state index is 0.0814. The average Bonchev–Trinajstić information content (AvgIpc) is 2.83. The maximum atomic E-state index is 11.6. The fourth-order valence-corrected chi connectivity index (χ4v) is 3.18. The molecule has 3 rings (SSSR count). The summed E-state index contributed by atoms with van der Waals surface area (Å²) < 4.78 is 10.6. The number of benzene rings is 1. The van der Waals surface area contributed by atoms with Crippen molar-refractivity contribution in [1.82, 2.24) is 4.98 Å². The lowest BCUT2D eigenvalue weighted by Crippen LogP contribution is -1.97. The Bertz CT molecular complexity index is 825. The van der Waals surface area contributed by atoms with E-state index in [1.165, 1.54) is 18.4 Å². The van der Waals surface area contributed by atoms with Crippen LogP contribution in [0.3, 0.4) is 0 Å². The maximum Gasteiger partial charge on any atom is 0.351 e. The lowest BCUT2D eigenvalue weighted by Gasteiger charge is -2.02. The van der Waals surface area contributed by atoms with Crippen molar-refractivity contribution in [1.29, 1.82) is 0 Å². The van der Waals surface area contributed by atoms with Gasteiger partial charge in [-0.2, -0.15) is 0 Å². The van der Waals surface area contributed by atoms with E-state index >= 15 is 0 Å². The van der Waals surface area contributed by atoms with Crippen LogP contribution in [0.25, 0.3) is 21.0 Å². The van der Waals surface area contributed by atoms with Gasteiger partial charge in [-0.3, -0.25) is 4.98 Å². The van der Waals surface area contributed by atoms with Crippen LogP contribution >= 0.6 is 11.3 Å². The van der Waals surface area contributed by atoms with E-state index in [2.05, 4.69) is 9.72 Å². The second-order valence-corrected chi connectivity index (χ2v) is 5.18. The van der Waals surface area contributed by atoms with Crippen molar-refractivity contribution in [2.75, 3.05) is 14.2 Å². The van der Waals surface area contributed by atoms with E-state index in [4.69, 9.17) is 4.74 Å². The second kappa shape index (κ2) is 4.64. The van der Waals surface area contributed by atoms with Crippen molar-refractivity contribution in [2.45, 2.75) is 0 Å². The number of carbonyl (C=O) groups is 1. The molecule has 0 radical (unpaired) electrons. The molecule has 0 atom stereocenters. The summed E-state index contributed by atoms with van der Waals surface area (Å²) in [6.07, 6.45) is 1.55. The first-order valence-electron chi connectivity index (χ1n) is 5.82. The molecule has 5 nitrogen and oxygen atoms in total. The number of rotatable bonds is 2. The molecule has 2 heterocycles. The number of methoxy groups -OCH3 is 2. The van der Waals surface area contributed by atoms with Crippen molar-refractivity contribution < 1.29 is 19.4 Å². The predicted octanol–water partition coefficient (Wildman–Crippen LogP) is 2.95. The smallest absolute Gasteiger partial charge is 0.351 e. The number of hydrogen-bond donors (Lipinski definition) is 1.